The van der Waals surface area contributed by atoms with Crippen molar-refractivity contribution in [2.24, 2.45) is 0 Å². The number of rotatable bonds is 8. The molecule has 5 heteroatoms. The van der Waals surface area contributed by atoms with Crippen molar-refractivity contribution in [3.05, 3.63) is 59.4 Å². The van der Waals surface area contributed by atoms with Crippen molar-refractivity contribution in [3.8, 4) is 5.75 Å². The molecule has 2 heterocycles. The van der Waals surface area contributed by atoms with Crippen LogP contribution in [0.25, 0.3) is 11.0 Å². The van der Waals surface area contributed by atoms with Crippen LogP contribution < -0.4 is 4.74 Å². The van der Waals surface area contributed by atoms with Crippen LogP contribution >= 0.6 is 0 Å². The Morgan fingerprint density at radius 2 is 1.73 bits per heavy atom. The number of hydrogen-bond donors (Lipinski definition) is 0. The van der Waals surface area contributed by atoms with E-state index in [0.29, 0.717) is 0 Å². The monoisotopic (exact) mass is 406 g/mol. The van der Waals surface area contributed by atoms with Gasteiger partial charge in [-0.1, -0.05) is 24.3 Å². The van der Waals surface area contributed by atoms with Gasteiger partial charge in [-0.05, 0) is 63.1 Å². The van der Waals surface area contributed by atoms with E-state index in [-0.39, 0.29) is 0 Å². The standard InChI is InChI=1S/C25H34N4O/c1-20-9-8-12-24(21(20)2)30-18-7-6-13-29-23-11-5-4-10-22(23)26-25(29)19-28-16-14-27(3)15-17-28/h4-5,8-12H,6-7,13-19H2,1-3H3. The second-order valence-corrected chi connectivity index (χ2v) is 8.50. The zero-order valence-corrected chi connectivity index (χ0v) is 18.6. The van der Waals surface area contributed by atoms with Crippen molar-refractivity contribution < 1.29 is 4.74 Å². The van der Waals surface area contributed by atoms with Crippen molar-refractivity contribution in [1.29, 1.82) is 0 Å². The summed E-state index contributed by atoms with van der Waals surface area (Å²) in [4.78, 5) is 9.90. The van der Waals surface area contributed by atoms with E-state index in [4.69, 9.17) is 9.72 Å². The minimum Gasteiger partial charge on any atom is -0.493 e. The Hall–Kier alpha value is -2.37. The number of nitrogens with zero attached hydrogens (tertiary/aromatic N) is 4. The first-order chi connectivity index (χ1) is 14.6. The summed E-state index contributed by atoms with van der Waals surface area (Å²) in [5.41, 5.74) is 4.88. The van der Waals surface area contributed by atoms with Gasteiger partial charge in [0.15, 0.2) is 0 Å². The normalized spacial score (nSPS) is 15.7. The zero-order valence-electron chi connectivity index (χ0n) is 18.6. The maximum Gasteiger partial charge on any atom is 0.124 e. The van der Waals surface area contributed by atoms with Crippen LogP contribution in [0, 0.1) is 13.8 Å². The van der Waals surface area contributed by atoms with Gasteiger partial charge in [0.2, 0.25) is 0 Å². The topological polar surface area (TPSA) is 33.5 Å². The zero-order chi connectivity index (χ0) is 20.9. The Labute approximate surface area is 180 Å². The Bertz CT molecular complexity index is 972. The minimum absolute atomic E-state index is 0.755. The van der Waals surface area contributed by atoms with E-state index in [1.165, 1.54) is 22.5 Å². The highest BCUT2D eigenvalue weighted by atomic mass is 16.5. The lowest BCUT2D eigenvalue weighted by atomic mass is 10.1. The number of para-hydroxylation sites is 2. The number of fused-ring (bicyclic) bond motifs is 1. The van der Waals surface area contributed by atoms with E-state index in [9.17, 15) is 0 Å². The summed E-state index contributed by atoms with van der Waals surface area (Å²) in [5.74, 6) is 2.20. The van der Waals surface area contributed by atoms with Crippen LogP contribution in [0.5, 0.6) is 5.75 Å². The van der Waals surface area contributed by atoms with Crippen molar-refractivity contribution >= 4 is 11.0 Å². The fourth-order valence-electron chi connectivity index (χ4n) is 4.14. The summed E-state index contributed by atoms with van der Waals surface area (Å²) in [6, 6.07) is 14.8. The Balaban J connectivity index is 1.37. The molecule has 4 rings (SSSR count). The lowest BCUT2D eigenvalue weighted by Gasteiger charge is -2.32. The number of unbranched alkanes of at least 4 members (excludes halogenated alkanes) is 1. The molecule has 0 aliphatic carbocycles. The number of benzene rings is 2. The molecule has 1 aromatic heterocycles. The molecule has 0 spiro atoms. The van der Waals surface area contributed by atoms with Crippen molar-refractivity contribution in [2.75, 3.05) is 39.8 Å². The van der Waals surface area contributed by atoms with Crippen LogP contribution in [0.3, 0.4) is 0 Å². The molecule has 5 nitrogen and oxygen atoms in total. The molecule has 0 unspecified atom stereocenters. The van der Waals surface area contributed by atoms with Gasteiger partial charge < -0.3 is 14.2 Å². The summed E-state index contributed by atoms with van der Waals surface area (Å²) in [7, 11) is 2.20. The lowest BCUT2D eigenvalue weighted by Crippen LogP contribution is -2.44. The van der Waals surface area contributed by atoms with Crippen molar-refractivity contribution in [3.63, 3.8) is 0 Å². The van der Waals surface area contributed by atoms with Gasteiger partial charge in [-0.3, -0.25) is 4.90 Å². The molecule has 3 aromatic rings. The second-order valence-electron chi connectivity index (χ2n) is 8.50. The van der Waals surface area contributed by atoms with Gasteiger partial charge in [0.25, 0.3) is 0 Å². The SMILES string of the molecule is Cc1cccc(OCCCCn2c(CN3CCN(C)CC3)nc3ccccc32)c1C. The van der Waals surface area contributed by atoms with Gasteiger partial charge >= 0.3 is 0 Å². The Morgan fingerprint density at radius 1 is 0.933 bits per heavy atom. The predicted octanol–water partition coefficient (Wildman–Crippen LogP) is 4.26. The minimum atomic E-state index is 0.755. The molecule has 0 amide bonds. The molecule has 0 radical (unpaired) electrons. The number of likely N-dealkylation sites (N-methyl/N-ethyl adjacent to an activating group) is 1. The molecule has 0 bridgehead atoms. The molecule has 0 saturated carbocycles. The van der Waals surface area contributed by atoms with E-state index in [2.05, 4.69) is 77.7 Å². The summed E-state index contributed by atoms with van der Waals surface area (Å²) >= 11 is 0. The summed E-state index contributed by atoms with van der Waals surface area (Å²) in [6.07, 6.45) is 2.12. The Kier molecular flexibility index (Phi) is 6.70. The van der Waals surface area contributed by atoms with Crippen LogP contribution in [0.4, 0.5) is 0 Å². The predicted molar refractivity (Wildman–Crippen MR) is 123 cm³/mol. The highest BCUT2D eigenvalue weighted by Gasteiger charge is 2.18. The van der Waals surface area contributed by atoms with Crippen LogP contribution in [-0.2, 0) is 13.1 Å². The smallest absolute Gasteiger partial charge is 0.124 e. The van der Waals surface area contributed by atoms with Crippen LogP contribution in [0.2, 0.25) is 0 Å². The van der Waals surface area contributed by atoms with Gasteiger partial charge in [0.05, 0.1) is 24.2 Å². The van der Waals surface area contributed by atoms with Crippen LogP contribution in [0.1, 0.15) is 29.8 Å². The average molecular weight is 407 g/mol. The number of piperazine rings is 1. The fraction of sp³-hybridized carbons (Fsp3) is 0.480. The molecule has 0 N–H and O–H groups in total. The van der Waals surface area contributed by atoms with Crippen molar-refractivity contribution in [1.82, 2.24) is 19.4 Å². The first kappa shape index (κ1) is 20.9. The highest BCUT2D eigenvalue weighted by molar-refractivity contribution is 5.75. The molecule has 1 fully saturated rings. The molecule has 1 aliphatic rings. The molecule has 1 aliphatic heterocycles. The third kappa shape index (κ3) is 4.85. The maximum atomic E-state index is 6.05. The number of ether oxygens (including phenoxy) is 1. The number of hydrogen-bond acceptors (Lipinski definition) is 4. The average Bonchev–Trinajstić information content (AvgIpc) is 3.09. The molecule has 1 saturated heterocycles. The van der Waals surface area contributed by atoms with E-state index in [1.54, 1.807) is 0 Å². The molecule has 0 atom stereocenters. The van der Waals surface area contributed by atoms with Gasteiger partial charge in [0, 0.05) is 32.7 Å². The summed E-state index contributed by atoms with van der Waals surface area (Å²) < 4.78 is 8.47. The largest absolute Gasteiger partial charge is 0.493 e. The number of aromatic nitrogens is 2. The molecule has 160 valence electrons. The summed E-state index contributed by atoms with van der Waals surface area (Å²) in [6.45, 7) is 11.4. The van der Waals surface area contributed by atoms with E-state index >= 15 is 0 Å². The first-order valence-corrected chi connectivity index (χ1v) is 11.2. The van der Waals surface area contributed by atoms with Crippen LogP contribution in [-0.4, -0.2) is 59.2 Å². The van der Waals surface area contributed by atoms with Crippen LogP contribution in [0.15, 0.2) is 42.5 Å². The fourth-order valence-corrected chi connectivity index (χ4v) is 4.14. The first-order valence-electron chi connectivity index (χ1n) is 11.2. The Morgan fingerprint density at radius 3 is 2.57 bits per heavy atom. The van der Waals surface area contributed by atoms with Gasteiger partial charge in [0.1, 0.15) is 11.6 Å². The van der Waals surface area contributed by atoms with Gasteiger partial charge in [-0.25, -0.2) is 4.98 Å². The third-order valence-electron chi connectivity index (χ3n) is 6.28. The maximum absolute atomic E-state index is 6.05. The number of imidazole rings is 1. The van der Waals surface area contributed by atoms with E-state index in [0.717, 1.165) is 70.0 Å². The second kappa shape index (κ2) is 9.63. The van der Waals surface area contributed by atoms with E-state index in [1.807, 2.05) is 0 Å². The quantitative estimate of drug-likeness (QED) is 0.524. The highest BCUT2D eigenvalue weighted by Crippen LogP contribution is 2.22. The molecular weight excluding hydrogens is 372 g/mol. The molecule has 30 heavy (non-hydrogen) atoms. The van der Waals surface area contributed by atoms with Gasteiger partial charge in [-0.2, -0.15) is 0 Å². The van der Waals surface area contributed by atoms with Gasteiger partial charge in [-0.15, -0.1) is 0 Å². The number of aryl methyl sites for hydroxylation is 2. The molecule has 2 aromatic carbocycles. The molecular formula is C25H34N4O. The summed E-state index contributed by atoms with van der Waals surface area (Å²) in [5, 5.41) is 0. The van der Waals surface area contributed by atoms with Crippen molar-refractivity contribution in [2.45, 2.75) is 39.8 Å². The lowest BCUT2D eigenvalue weighted by molar-refractivity contribution is 0.144. The third-order valence-corrected chi connectivity index (χ3v) is 6.28. The van der Waals surface area contributed by atoms with E-state index < -0.39 is 0 Å².